The van der Waals surface area contributed by atoms with Gasteiger partial charge in [0.1, 0.15) is 10.5 Å². The van der Waals surface area contributed by atoms with E-state index in [0.717, 1.165) is 16.0 Å². The van der Waals surface area contributed by atoms with E-state index >= 15 is 0 Å². The Morgan fingerprint density at radius 3 is 2.71 bits per heavy atom. The SMILES string of the molecule is COC(=O)c1c(NC(=O)Nc2ccc(Cl)cc2)sc2c1CCN(C(=O)c1ccc3[nH]nnc3c1)C2. The molecular weight excluding hydrogens is 492 g/mol. The van der Waals surface area contributed by atoms with Crippen LogP contribution in [0.1, 0.15) is 31.2 Å². The second-order valence-corrected chi connectivity index (χ2v) is 9.35. The van der Waals surface area contributed by atoms with Gasteiger partial charge in [0.25, 0.3) is 5.91 Å². The fraction of sp³-hybridized carbons (Fsp3) is 0.174. The zero-order valence-corrected chi connectivity index (χ0v) is 20.0. The number of thiophene rings is 1. The molecule has 35 heavy (non-hydrogen) atoms. The van der Waals surface area contributed by atoms with Crippen molar-refractivity contribution in [2.24, 2.45) is 0 Å². The molecule has 10 nitrogen and oxygen atoms in total. The summed E-state index contributed by atoms with van der Waals surface area (Å²) in [5.41, 5.74) is 3.50. The number of carbonyl (C=O) groups is 3. The zero-order valence-electron chi connectivity index (χ0n) is 18.4. The number of carbonyl (C=O) groups excluding carboxylic acids is 3. The number of aromatic amines is 1. The third-order valence-corrected chi connectivity index (χ3v) is 7.02. The Bertz CT molecular complexity index is 1450. The summed E-state index contributed by atoms with van der Waals surface area (Å²) in [6.45, 7) is 0.722. The molecule has 4 aromatic rings. The molecule has 12 heteroatoms. The standard InChI is InChI=1S/C23H19ClN6O4S/c1-34-22(32)19-15-8-9-30(21(31)12-2-7-16-17(10-12)28-29-27-16)11-18(15)35-20(19)26-23(33)25-14-5-3-13(24)4-6-14/h2-7,10H,8-9,11H2,1H3,(H2,25,26,33)(H,27,28,29). The first kappa shape index (κ1) is 22.8. The van der Waals surface area contributed by atoms with Gasteiger partial charge in [0, 0.05) is 27.7 Å². The van der Waals surface area contributed by atoms with Crippen LogP contribution in [0.4, 0.5) is 15.5 Å². The average Bonchev–Trinajstić information content (AvgIpc) is 3.47. The molecule has 3 amide bonds. The first-order valence-corrected chi connectivity index (χ1v) is 11.8. The molecule has 0 fully saturated rings. The van der Waals surface area contributed by atoms with Gasteiger partial charge in [0.15, 0.2) is 0 Å². The minimum atomic E-state index is -0.541. The molecule has 1 aliphatic heterocycles. The summed E-state index contributed by atoms with van der Waals surface area (Å²) in [5, 5.41) is 16.9. The van der Waals surface area contributed by atoms with Gasteiger partial charge in [-0.05, 0) is 54.4 Å². The Morgan fingerprint density at radius 2 is 1.94 bits per heavy atom. The third kappa shape index (κ3) is 4.55. The molecule has 5 rings (SSSR count). The number of rotatable bonds is 4. The second-order valence-electron chi connectivity index (χ2n) is 7.81. The van der Waals surface area contributed by atoms with Crippen LogP contribution in [0, 0.1) is 0 Å². The highest BCUT2D eigenvalue weighted by atomic mass is 35.5. The number of nitrogens with one attached hydrogen (secondary N) is 3. The number of methoxy groups -OCH3 is 1. The highest BCUT2D eigenvalue weighted by molar-refractivity contribution is 7.17. The van der Waals surface area contributed by atoms with Crippen molar-refractivity contribution in [1.82, 2.24) is 20.3 Å². The quantitative estimate of drug-likeness (QED) is 0.351. The van der Waals surface area contributed by atoms with E-state index in [1.54, 1.807) is 47.4 Å². The number of fused-ring (bicyclic) bond motifs is 2. The van der Waals surface area contributed by atoms with Crippen molar-refractivity contribution in [2.75, 3.05) is 24.3 Å². The van der Waals surface area contributed by atoms with Crippen molar-refractivity contribution in [3.05, 3.63) is 69.1 Å². The highest BCUT2D eigenvalue weighted by Crippen LogP contribution is 2.38. The molecule has 1 aliphatic rings. The number of H-pyrrole nitrogens is 1. The highest BCUT2D eigenvalue weighted by Gasteiger charge is 2.31. The Hall–Kier alpha value is -3.96. The normalized spacial score (nSPS) is 12.8. The number of hydrogen-bond acceptors (Lipinski definition) is 7. The fourth-order valence-electron chi connectivity index (χ4n) is 3.94. The van der Waals surface area contributed by atoms with Gasteiger partial charge >= 0.3 is 12.0 Å². The van der Waals surface area contributed by atoms with E-state index in [-0.39, 0.29) is 5.91 Å². The first-order chi connectivity index (χ1) is 16.9. The maximum absolute atomic E-state index is 13.2. The molecule has 2 aromatic heterocycles. The van der Waals surface area contributed by atoms with Crippen LogP contribution >= 0.6 is 22.9 Å². The lowest BCUT2D eigenvalue weighted by molar-refractivity contribution is 0.0600. The molecule has 0 unspecified atom stereocenters. The van der Waals surface area contributed by atoms with Crippen molar-refractivity contribution >= 4 is 62.6 Å². The monoisotopic (exact) mass is 510 g/mol. The molecule has 0 saturated carbocycles. The van der Waals surface area contributed by atoms with Crippen LogP contribution in [0.25, 0.3) is 11.0 Å². The third-order valence-electron chi connectivity index (χ3n) is 5.64. The summed E-state index contributed by atoms with van der Waals surface area (Å²) in [4.78, 5) is 40.9. The number of ether oxygens (including phenoxy) is 1. The van der Waals surface area contributed by atoms with Crippen molar-refractivity contribution in [2.45, 2.75) is 13.0 Å². The average molecular weight is 511 g/mol. The summed E-state index contributed by atoms with van der Waals surface area (Å²) in [6, 6.07) is 11.3. The number of nitrogens with zero attached hydrogens (tertiary/aromatic N) is 3. The van der Waals surface area contributed by atoms with Gasteiger partial charge < -0.3 is 15.0 Å². The van der Waals surface area contributed by atoms with Gasteiger partial charge in [0.2, 0.25) is 0 Å². The molecular formula is C23H19ClN6O4S. The van der Waals surface area contributed by atoms with Crippen LogP contribution in [0.3, 0.4) is 0 Å². The van der Waals surface area contributed by atoms with Gasteiger partial charge in [-0.15, -0.1) is 16.4 Å². The van der Waals surface area contributed by atoms with Gasteiger partial charge in [-0.3, -0.25) is 15.2 Å². The van der Waals surface area contributed by atoms with Gasteiger partial charge in [0.05, 0.1) is 24.7 Å². The summed E-state index contributed by atoms with van der Waals surface area (Å²) in [7, 11) is 1.29. The summed E-state index contributed by atoms with van der Waals surface area (Å²) in [5.74, 6) is -0.691. The summed E-state index contributed by atoms with van der Waals surface area (Å²) in [6.07, 6.45) is 0.453. The lowest BCUT2D eigenvalue weighted by atomic mass is 10.0. The smallest absolute Gasteiger partial charge is 0.341 e. The van der Waals surface area contributed by atoms with Crippen LogP contribution in [-0.2, 0) is 17.7 Å². The van der Waals surface area contributed by atoms with E-state index in [9.17, 15) is 14.4 Å². The Balaban J connectivity index is 1.37. The number of esters is 1. The maximum atomic E-state index is 13.2. The lowest BCUT2D eigenvalue weighted by Gasteiger charge is -2.27. The number of benzene rings is 2. The van der Waals surface area contributed by atoms with E-state index in [4.69, 9.17) is 16.3 Å². The molecule has 0 spiro atoms. The van der Waals surface area contributed by atoms with Crippen LogP contribution in [0.5, 0.6) is 0 Å². The molecule has 0 bridgehead atoms. The van der Waals surface area contributed by atoms with Crippen LogP contribution < -0.4 is 10.6 Å². The molecule has 0 atom stereocenters. The Kier molecular flexibility index (Phi) is 6.10. The Labute approximate surface area is 208 Å². The van der Waals surface area contributed by atoms with Gasteiger partial charge in [-0.1, -0.05) is 16.8 Å². The predicted molar refractivity (Wildman–Crippen MR) is 132 cm³/mol. The van der Waals surface area contributed by atoms with Crippen molar-refractivity contribution in [3.8, 4) is 0 Å². The first-order valence-electron chi connectivity index (χ1n) is 10.6. The molecule has 178 valence electrons. The van der Waals surface area contributed by atoms with Crippen LogP contribution in [-0.4, -0.2) is 51.9 Å². The van der Waals surface area contributed by atoms with E-state index in [2.05, 4.69) is 26.0 Å². The Morgan fingerprint density at radius 1 is 1.14 bits per heavy atom. The summed E-state index contributed by atoms with van der Waals surface area (Å²) < 4.78 is 4.98. The predicted octanol–water partition coefficient (Wildman–Crippen LogP) is 4.30. The topological polar surface area (TPSA) is 129 Å². The fourth-order valence-corrected chi connectivity index (χ4v) is 5.31. The van der Waals surface area contributed by atoms with Gasteiger partial charge in [-0.25, -0.2) is 9.59 Å². The van der Waals surface area contributed by atoms with E-state index in [1.807, 2.05) is 0 Å². The number of urea groups is 1. The van der Waals surface area contributed by atoms with Crippen LogP contribution in [0.2, 0.25) is 5.02 Å². The van der Waals surface area contributed by atoms with Gasteiger partial charge in [-0.2, -0.15) is 0 Å². The molecule has 0 saturated heterocycles. The second kappa shape index (κ2) is 9.35. The van der Waals surface area contributed by atoms with E-state index in [1.165, 1.54) is 18.4 Å². The van der Waals surface area contributed by atoms with Crippen molar-refractivity contribution in [1.29, 1.82) is 0 Å². The van der Waals surface area contributed by atoms with E-state index < -0.39 is 12.0 Å². The minimum Gasteiger partial charge on any atom is -0.465 e. The number of aromatic nitrogens is 3. The largest absolute Gasteiger partial charge is 0.465 e. The van der Waals surface area contributed by atoms with E-state index in [0.29, 0.717) is 51.9 Å². The molecule has 2 aromatic carbocycles. The number of anilines is 2. The number of amides is 3. The summed E-state index contributed by atoms with van der Waals surface area (Å²) >= 11 is 7.14. The zero-order chi connectivity index (χ0) is 24.5. The van der Waals surface area contributed by atoms with Crippen molar-refractivity contribution in [3.63, 3.8) is 0 Å². The molecule has 0 aliphatic carbocycles. The van der Waals surface area contributed by atoms with Crippen LogP contribution in [0.15, 0.2) is 42.5 Å². The maximum Gasteiger partial charge on any atom is 0.341 e. The minimum absolute atomic E-state index is 0.149. The number of hydrogen-bond donors (Lipinski definition) is 3. The molecule has 3 N–H and O–H groups in total. The molecule has 0 radical (unpaired) electrons. The molecule has 3 heterocycles. The number of halogens is 1. The van der Waals surface area contributed by atoms with Crippen molar-refractivity contribution < 1.29 is 19.1 Å². The lowest BCUT2D eigenvalue weighted by Crippen LogP contribution is -2.35.